The topological polar surface area (TPSA) is 111 Å². The molecule has 0 unspecified atom stereocenters. The van der Waals surface area contributed by atoms with E-state index in [1.807, 2.05) is 6.92 Å². The number of hydrazine groups is 1. The fourth-order valence-electron chi connectivity index (χ4n) is 2.97. The Kier molecular flexibility index (Phi) is 5.97. The van der Waals surface area contributed by atoms with Crippen molar-refractivity contribution < 1.29 is 9.59 Å². The Bertz CT molecular complexity index is 1150. The van der Waals surface area contributed by atoms with E-state index in [9.17, 15) is 14.4 Å². The van der Waals surface area contributed by atoms with Gasteiger partial charge < -0.3 is 0 Å². The van der Waals surface area contributed by atoms with Crippen LogP contribution < -0.4 is 16.4 Å². The van der Waals surface area contributed by atoms with Gasteiger partial charge in [0.15, 0.2) is 5.69 Å². The van der Waals surface area contributed by atoms with Crippen molar-refractivity contribution in [3.05, 3.63) is 56.7 Å². The van der Waals surface area contributed by atoms with E-state index in [-0.39, 0.29) is 22.0 Å². The van der Waals surface area contributed by atoms with Crippen molar-refractivity contribution in [3.8, 4) is 0 Å². The third-order valence-electron chi connectivity index (χ3n) is 4.48. The normalized spacial score (nSPS) is 10.9. The molecule has 152 valence electrons. The quantitative estimate of drug-likeness (QED) is 0.618. The summed E-state index contributed by atoms with van der Waals surface area (Å²) < 4.78 is 2.65. The Morgan fingerprint density at radius 1 is 1.10 bits per heavy atom. The summed E-state index contributed by atoms with van der Waals surface area (Å²) in [5, 5.41) is 9.27. The van der Waals surface area contributed by atoms with Gasteiger partial charge in [-0.25, -0.2) is 4.68 Å². The third kappa shape index (κ3) is 4.00. The highest BCUT2D eigenvalue weighted by atomic mass is 35.5. The highest BCUT2D eigenvalue weighted by molar-refractivity contribution is 6.33. The lowest BCUT2D eigenvalue weighted by Crippen LogP contribution is -2.43. The van der Waals surface area contributed by atoms with Gasteiger partial charge in [0.25, 0.3) is 17.4 Å². The number of hydrogen-bond donors (Lipinski definition) is 2. The van der Waals surface area contributed by atoms with Crippen molar-refractivity contribution in [2.24, 2.45) is 7.05 Å². The number of carbonyl (C=O) groups excluding carboxylic acids is 2. The van der Waals surface area contributed by atoms with Gasteiger partial charge in [0.2, 0.25) is 0 Å². The highest BCUT2D eigenvalue weighted by Gasteiger charge is 2.22. The highest BCUT2D eigenvalue weighted by Crippen LogP contribution is 2.20. The monoisotopic (exact) mass is 416 g/mol. The second kappa shape index (κ2) is 8.44. The SMILES string of the molecule is CCCCn1nc(C)c(C(=O)NNC(=O)c2nn(C)c(=O)c3ccccc23)c1Cl. The number of nitrogens with one attached hydrogen (secondary N) is 2. The average Bonchev–Trinajstić information content (AvgIpc) is 3.00. The summed E-state index contributed by atoms with van der Waals surface area (Å²) in [4.78, 5) is 37.4. The van der Waals surface area contributed by atoms with Crippen LogP contribution in [0.3, 0.4) is 0 Å². The van der Waals surface area contributed by atoms with Crippen molar-refractivity contribution in [3.63, 3.8) is 0 Å². The van der Waals surface area contributed by atoms with Gasteiger partial charge in [-0.3, -0.25) is 29.9 Å². The van der Waals surface area contributed by atoms with Crippen LogP contribution in [0.5, 0.6) is 0 Å². The van der Waals surface area contributed by atoms with Crippen LogP contribution in [0.15, 0.2) is 29.1 Å². The molecule has 0 saturated carbocycles. The molecule has 0 atom stereocenters. The molecule has 2 heterocycles. The minimum absolute atomic E-state index is 0.0180. The van der Waals surface area contributed by atoms with Crippen LogP contribution in [0.2, 0.25) is 5.15 Å². The zero-order valence-corrected chi connectivity index (χ0v) is 17.1. The van der Waals surface area contributed by atoms with Crippen molar-refractivity contribution in [1.82, 2.24) is 30.4 Å². The number of hydrogen-bond acceptors (Lipinski definition) is 5. The minimum Gasteiger partial charge on any atom is -0.267 e. The number of aryl methyl sites for hydroxylation is 3. The maximum Gasteiger partial charge on any atom is 0.290 e. The Hall–Kier alpha value is -3.20. The molecule has 2 N–H and O–H groups in total. The maximum atomic E-state index is 12.6. The van der Waals surface area contributed by atoms with E-state index in [1.54, 1.807) is 35.9 Å². The lowest BCUT2D eigenvalue weighted by atomic mass is 10.1. The molecule has 0 aliphatic carbocycles. The first-order valence-electron chi connectivity index (χ1n) is 9.14. The van der Waals surface area contributed by atoms with Gasteiger partial charge in [0.1, 0.15) is 10.7 Å². The smallest absolute Gasteiger partial charge is 0.267 e. The zero-order chi connectivity index (χ0) is 21.1. The molecule has 0 aliphatic rings. The first kappa shape index (κ1) is 20.5. The van der Waals surface area contributed by atoms with Crippen molar-refractivity contribution in [2.45, 2.75) is 33.2 Å². The number of halogens is 1. The third-order valence-corrected chi connectivity index (χ3v) is 4.86. The summed E-state index contributed by atoms with van der Waals surface area (Å²) in [5.74, 6) is -1.24. The van der Waals surface area contributed by atoms with Gasteiger partial charge in [-0.05, 0) is 19.4 Å². The van der Waals surface area contributed by atoms with Gasteiger partial charge in [-0.15, -0.1) is 0 Å². The van der Waals surface area contributed by atoms with E-state index >= 15 is 0 Å². The van der Waals surface area contributed by atoms with E-state index in [2.05, 4.69) is 21.0 Å². The number of nitrogens with zero attached hydrogens (tertiary/aromatic N) is 4. The first-order valence-corrected chi connectivity index (χ1v) is 9.52. The molecule has 10 heteroatoms. The van der Waals surface area contributed by atoms with Crippen molar-refractivity contribution in [2.75, 3.05) is 0 Å². The summed E-state index contributed by atoms with van der Waals surface area (Å²) in [6.07, 6.45) is 1.84. The van der Waals surface area contributed by atoms with Crippen LogP contribution in [0.25, 0.3) is 10.8 Å². The zero-order valence-electron chi connectivity index (χ0n) is 16.3. The van der Waals surface area contributed by atoms with Crippen LogP contribution in [0, 0.1) is 6.92 Å². The van der Waals surface area contributed by atoms with E-state index < -0.39 is 11.8 Å². The summed E-state index contributed by atoms with van der Waals surface area (Å²) in [6, 6.07) is 6.64. The number of aromatic nitrogens is 4. The van der Waals surface area contributed by atoms with Gasteiger partial charge in [-0.1, -0.05) is 43.1 Å². The molecule has 2 amide bonds. The predicted molar refractivity (Wildman–Crippen MR) is 109 cm³/mol. The number of unbranched alkanes of at least 4 members (excludes halogenated alkanes) is 1. The lowest BCUT2D eigenvalue weighted by Gasteiger charge is -2.10. The standard InChI is InChI=1S/C19H21ClN6O3/c1-4-5-10-26-16(20)14(11(2)23-26)17(27)21-22-18(28)15-12-8-6-7-9-13(12)19(29)25(3)24-15/h6-9H,4-5,10H2,1-3H3,(H,21,27)(H,22,28). The molecule has 2 aromatic heterocycles. The molecule has 0 fully saturated rings. The Morgan fingerprint density at radius 2 is 1.76 bits per heavy atom. The number of carbonyl (C=O) groups is 2. The average molecular weight is 417 g/mol. The predicted octanol–water partition coefficient (Wildman–Crippen LogP) is 1.97. The Balaban J connectivity index is 1.81. The van der Waals surface area contributed by atoms with E-state index in [0.717, 1.165) is 17.5 Å². The van der Waals surface area contributed by atoms with Crippen molar-refractivity contribution >= 4 is 34.2 Å². The summed E-state index contributed by atoms with van der Waals surface area (Å²) in [5.41, 5.74) is 5.03. The molecule has 0 saturated heterocycles. The maximum absolute atomic E-state index is 12.6. The summed E-state index contributed by atoms with van der Waals surface area (Å²) in [7, 11) is 1.46. The first-order chi connectivity index (χ1) is 13.8. The molecule has 0 aliphatic heterocycles. The molecular weight excluding hydrogens is 396 g/mol. The number of fused-ring (bicyclic) bond motifs is 1. The largest absolute Gasteiger partial charge is 0.290 e. The Morgan fingerprint density at radius 3 is 2.45 bits per heavy atom. The van der Waals surface area contributed by atoms with Crippen LogP contribution in [0.1, 0.15) is 46.3 Å². The van der Waals surface area contributed by atoms with Crippen LogP contribution in [-0.2, 0) is 13.6 Å². The number of benzene rings is 1. The van der Waals surface area contributed by atoms with E-state index in [0.29, 0.717) is 23.0 Å². The van der Waals surface area contributed by atoms with Crippen LogP contribution in [0.4, 0.5) is 0 Å². The molecular formula is C19H21ClN6O3. The molecule has 9 nitrogen and oxygen atoms in total. The fraction of sp³-hybridized carbons (Fsp3) is 0.316. The number of amides is 2. The van der Waals surface area contributed by atoms with Crippen LogP contribution in [-0.4, -0.2) is 31.4 Å². The fourth-order valence-corrected chi connectivity index (χ4v) is 3.31. The lowest BCUT2D eigenvalue weighted by molar-refractivity contribution is 0.0843. The molecule has 29 heavy (non-hydrogen) atoms. The summed E-state index contributed by atoms with van der Waals surface area (Å²) >= 11 is 6.29. The second-order valence-corrected chi connectivity index (χ2v) is 6.92. The van der Waals surface area contributed by atoms with Crippen LogP contribution >= 0.6 is 11.6 Å². The summed E-state index contributed by atoms with van der Waals surface area (Å²) in [6.45, 7) is 4.32. The van der Waals surface area contributed by atoms with E-state index in [4.69, 9.17) is 11.6 Å². The van der Waals surface area contributed by atoms with Gasteiger partial charge in [0.05, 0.1) is 11.1 Å². The van der Waals surface area contributed by atoms with Gasteiger partial charge >= 0.3 is 0 Å². The molecule has 3 rings (SSSR count). The second-order valence-electron chi connectivity index (χ2n) is 6.56. The number of rotatable bonds is 5. The molecule has 0 bridgehead atoms. The Labute approximate surface area is 171 Å². The molecule has 0 radical (unpaired) electrons. The van der Waals surface area contributed by atoms with E-state index in [1.165, 1.54) is 7.05 Å². The van der Waals surface area contributed by atoms with Crippen molar-refractivity contribution in [1.29, 1.82) is 0 Å². The van der Waals surface area contributed by atoms with Gasteiger partial charge in [0, 0.05) is 19.0 Å². The molecule has 1 aromatic carbocycles. The molecule has 0 spiro atoms. The minimum atomic E-state index is -0.655. The molecule has 3 aromatic rings. The van der Waals surface area contributed by atoms with Gasteiger partial charge in [-0.2, -0.15) is 10.2 Å².